The van der Waals surface area contributed by atoms with E-state index < -0.39 is 20.6 Å². The lowest BCUT2D eigenvalue weighted by Crippen LogP contribution is -2.10. The number of esters is 1. The number of carbonyl (C=O) groups excluding carboxylic acids is 1. The van der Waals surface area contributed by atoms with Crippen LogP contribution < -0.4 is 5.73 Å². The van der Waals surface area contributed by atoms with Crippen molar-refractivity contribution in [2.45, 2.75) is 39.0 Å². The van der Waals surface area contributed by atoms with Crippen LogP contribution in [-0.4, -0.2) is 39.1 Å². The molecule has 0 aliphatic heterocycles. The zero-order valence-corrected chi connectivity index (χ0v) is 13.9. The van der Waals surface area contributed by atoms with E-state index in [2.05, 4.69) is 9.58 Å². The normalized spacial score (nSPS) is 13.3. The number of rotatable bonds is 14. The van der Waals surface area contributed by atoms with Crippen molar-refractivity contribution in [3.63, 3.8) is 0 Å². The monoisotopic (exact) mass is 336 g/mol. The highest BCUT2D eigenvalue weighted by Crippen LogP contribution is 2.49. The lowest BCUT2D eigenvalue weighted by atomic mass is 10.2. The van der Waals surface area contributed by atoms with Crippen LogP contribution in [0.25, 0.3) is 4.85 Å². The summed E-state index contributed by atoms with van der Waals surface area (Å²) in [6.45, 7) is 8.59. The fraction of sp³-hybridized carbons (Fsp3) is 0.846. The average molecular weight is 336 g/mol. The van der Waals surface area contributed by atoms with E-state index in [0.717, 1.165) is 19.3 Å². The number of ether oxygens (including phenoxy) is 1. The number of nitrogens with zero attached hydrogens (tertiary/aromatic N) is 1. The van der Waals surface area contributed by atoms with E-state index in [-0.39, 0.29) is 26.2 Å². The van der Waals surface area contributed by atoms with Gasteiger partial charge >= 0.3 is 13.8 Å². The quantitative estimate of drug-likeness (QED) is 0.171. The van der Waals surface area contributed by atoms with Crippen LogP contribution in [0.2, 0.25) is 0 Å². The van der Waals surface area contributed by atoms with E-state index in [1.165, 1.54) is 0 Å². The smallest absolute Gasteiger partial charge is 0.438 e. The number of unbranched alkanes of at least 4 members (excludes halogenated alkanes) is 3. The van der Waals surface area contributed by atoms with Crippen LogP contribution in [0, 0.1) is 6.57 Å². The summed E-state index contributed by atoms with van der Waals surface area (Å²) in [6.07, 6.45) is 3.67. The molecule has 0 aromatic heterocycles. The molecule has 0 fully saturated rings. The second kappa shape index (κ2) is 13.7. The number of hydrogen-bond acceptors (Lipinski definition) is 7. The van der Waals surface area contributed by atoms with E-state index in [1.807, 2.05) is 0 Å². The van der Waals surface area contributed by atoms with Gasteiger partial charge in [-0.1, -0.05) is 19.8 Å². The molecule has 22 heavy (non-hydrogen) atoms. The van der Waals surface area contributed by atoms with Gasteiger partial charge < -0.3 is 15.3 Å². The minimum absolute atomic E-state index is 0.0436. The van der Waals surface area contributed by atoms with Gasteiger partial charge in [0.1, 0.15) is 6.61 Å². The van der Waals surface area contributed by atoms with Gasteiger partial charge in [0, 0.05) is 6.42 Å². The van der Waals surface area contributed by atoms with Crippen molar-refractivity contribution >= 4 is 13.8 Å². The number of nitrogens with two attached hydrogens (primary N) is 1. The SMILES string of the molecule is [C-]#[N+]CCOP(=O)(OCCCCCCN)OCOC(=O)CC. The maximum Gasteiger partial charge on any atom is 0.477 e. The average Bonchev–Trinajstić information content (AvgIpc) is 2.51. The zero-order chi connectivity index (χ0) is 16.7. The molecular formula is C13H25N2O6P. The Kier molecular flexibility index (Phi) is 13.1. The summed E-state index contributed by atoms with van der Waals surface area (Å²) in [6, 6.07) is 0. The fourth-order valence-electron chi connectivity index (χ4n) is 1.35. The first-order valence-corrected chi connectivity index (χ1v) is 8.76. The van der Waals surface area contributed by atoms with Crippen LogP contribution in [0.1, 0.15) is 39.0 Å². The molecule has 128 valence electrons. The molecule has 0 saturated carbocycles. The van der Waals surface area contributed by atoms with Crippen LogP contribution in [0.15, 0.2) is 0 Å². The Balaban J connectivity index is 4.13. The predicted molar refractivity (Wildman–Crippen MR) is 80.8 cm³/mol. The Bertz CT molecular complexity index is 385. The van der Waals surface area contributed by atoms with Crippen LogP contribution in [0.5, 0.6) is 0 Å². The highest BCUT2D eigenvalue weighted by molar-refractivity contribution is 7.48. The highest BCUT2D eigenvalue weighted by atomic mass is 31.2. The molecule has 8 nitrogen and oxygen atoms in total. The lowest BCUT2D eigenvalue weighted by molar-refractivity contribution is -0.150. The molecule has 0 aliphatic carbocycles. The minimum atomic E-state index is -3.82. The van der Waals surface area contributed by atoms with Crippen molar-refractivity contribution in [1.29, 1.82) is 0 Å². The Morgan fingerprint density at radius 1 is 1.14 bits per heavy atom. The molecule has 0 heterocycles. The Labute approximate surface area is 131 Å². The third-order valence-electron chi connectivity index (χ3n) is 2.52. The molecule has 9 heteroatoms. The molecule has 0 aromatic rings. The van der Waals surface area contributed by atoms with E-state index in [0.29, 0.717) is 13.0 Å². The molecule has 2 N–H and O–H groups in total. The van der Waals surface area contributed by atoms with Gasteiger partial charge in [0.05, 0.1) is 6.61 Å². The van der Waals surface area contributed by atoms with E-state index >= 15 is 0 Å². The highest BCUT2D eigenvalue weighted by Gasteiger charge is 2.27. The molecule has 0 amide bonds. The van der Waals surface area contributed by atoms with Crippen molar-refractivity contribution in [2.24, 2.45) is 5.73 Å². The predicted octanol–water partition coefficient (Wildman–Crippen LogP) is 2.49. The van der Waals surface area contributed by atoms with Gasteiger partial charge in [-0.25, -0.2) is 15.7 Å². The van der Waals surface area contributed by atoms with E-state index in [1.54, 1.807) is 6.92 Å². The molecule has 0 rings (SSSR count). The summed E-state index contributed by atoms with van der Waals surface area (Å²) >= 11 is 0. The van der Waals surface area contributed by atoms with E-state index in [9.17, 15) is 9.36 Å². The maximum absolute atomic E-state index is 12.3. The lowest BCUT2D eigenvalue weighted by Gasteiger charge is -2.16. The van der Waals surface area contributed by atoms with Crippen molar-refractivity contribution in [3.8, 4) is 0 Å². The van der Waals surface area contributed by atoms with E-state index in [4.69, 9.17) is 25.9 Å². The van der Waals surface area contributed by atoms with Crippen molar-refractivity contribution in [3.05, 3.63) is 11.4 Å². The second-order valence-electron chi connectivity index (χ2n) is 4.32. The van der Waals surface area contributed by atoms with Crippen molar-refractivity contribution < 1.29 is 27.7 Å². The van der Waals surface area contributed by atoms with Gasteiger partial charge in [-0.05, 0) is 19.4 Å². The number of phosphoric acid groups is 1. The first-order chi connectivity index (χ1) is 10.6. The first-order valence-electron chi connectivity index (χ1n) is 7.30. The third-order valence-corrected chi connectivity index (χ3v) is 3.94. The summed E-state index contributed by atoms with van der Waals surface area (Å²) in [5.74, 6) is -0.477. The first kappa shape index (κ1) is 21.0. The van der Waals surface area contributed by atoms with Gasteiger partial charge in [-0.3, -0.25) is 13.8 Å². The molecule has 0 bridgehead atoms. The Hall–Kier alpha value is -0.970. The molecular weight excluding hydrogens is 311 g/mol. The van der Waals surface area contributed by atoms with Crippen LogP contribution in [0.4, 0.5) is 0 Å². The molecule has 0 radical (unpaired) electrons. The second-order valence-corrected chi connectivity index (χ2v) is 5.98. The summed E-state index contributed by atoms with van der Waals surface area (Å²) in [5, 5.41) is 0. The summed E-state index contributed by atoms with van der Waals surface area (Å²) in [4.78, 5) is 14.1. The standard InChI is InChI=1S/C13H25N2O6P/c1-3-13(16)18-12-21-22(17,20-11-9-15-2)19-10-7-5-4-6-8-14/h3-12,14H2,1H3. The summed E-state index contributed by atoms with van der Waals surface area (Å²) in [7, 11) is -3.82. The fourth-order valence-corrected chi connectivity index (χ4v) is 2.41. The molecule has 0 aromatic carbocycles. The molecule has 0 aliphatic rings. The van der Waals surface area contributed by atoms with Crippen LogP contribution >= 0.6 is 7.82 Å². The van der Waals surface area contributed by atoms with Crippen LogP contribution in [-0.2, 0) is 27.7 Å². The third kappa shape index (κ3) is 11.7. The van der Waals surface area contributed by atoms with Gasteiger partial charge in [-0.15, -0.1) is 0 Å². The maximum atomic E-state index is 12.3. The Morgan fingerprint density at radius 3 is 2.45 bits per heavy atom. The summed E-state index contributed by atoms with van der Waals surface area (Å²) in [5.41, 5.74) is 5.39. The van der Waals surface area contributed by atoms with Gasteiger partial charge in [0.2, 0.25) is 13.3 Å². The zero-order valence-electron chi connectivity index (χ0n) is 13.0. The number of carbonyl (C=O) groups is 1. The van der Waals surface area contributed by atoms with Crippen molar-refractivity contribution in [2.75, 3.05) is 33.1 Å². The number of phosphoric ester groups is 1. The molecule has 0 spiro atoms. The topological polar surface area (TPSA) is 101 Å². The van der Waals surface area contributed by atoms with Gasteiger partial charge in [0.25, 0.3) is 0 Å². The van der Waals surface area contributed by atoms with Gasteiger partial charge in [0.15, 0.2) is 0 Å². The number of hydrogen-bond donors (Lipinski definition) is 1. The molecule has 1 atom stereocenters. The molecule has 1 unspecified atom stereocenters. The van der Waals surface area contributed by atoms with Crippen LogP contribution in [0.3, 0.4) is 0 Å². The molecule has 0 saturated heterocycles. The summed E-state index contributed by atoms with van der Waals surface area (Å²) < 4.78 is 32.0. The van der Waals surface area contributed by atoms with Crippen molar-refractivity contribution in [1.82, 2.24) is 0 Å². The van der Waals surface area contributed by atoms with Gasteiger partial charge in [-0.2, -0.15) is 0 Å². The largest absolute Gasteiger partial charge is 0.477 e. The minimum Gasteiger partial charge on any atom is -0.438 e. The Morgan fingerprint density at radius 2 is 1.82 bits per heavy atom.